The van der Waals surface area contributed by atoms with E-state index in [1.165, 1.54) is 60.7 Å². The predicted octanol–water partition coefficient (Wildman–Crippen LogP) is 15.1. The van der Waals surface area contributed by atoms with Crippen LogP contribution in [0.2, 0.25) is 0 Å². The van der Waals surface area contributed by atoms with Crippen molar-refractivity contribution in [2.24, 2.45) is 5.41 Å². The van der Waals surface area contributed by atoms with E-state index in [0.29, 0.717) is 29.0 Å². The molecule has 5 heteroatoms. The second kappa shape index (κ2) is 17.8. The molecule has 59 heavy (non-hydrogen) atoms. The topological polar surface area (TPSA) is 43.9 Å². The maximum absolute atomic E-state index is 8.48. The van der Waals surface area contributed by atoms with Gasteiger partial charge in [-0.15, -0.1) is 54.1 Å². The molecule has 305 valence electrons. The monoisotopic (exact) mass is 961 g/mol. The van der Waals surface area contributed by atoms with Crippen molar-refractivity contribution in [2.45, 2.75) is 112 Å². The van der Waals surface area contributed by atoms with Crippen molar-refractivity contribution in [3.05, 3.63) is 149 Å². The maximum Gasteiger partial charge on any atom is 0.121 e. The Labute approximate surface area is 371 Å². The summed E-state index contributed by atoms with van der Waals surface area (Å²) in [5.41, 5.74) is 10.7. The molecule has 1 saturated carbocycles. The average molecular weight is 961 g/mol. The number of para-hydroxylation sites is 3. The molecule has 0 bridgehead atoms. The van der Waals surface area contributed by atoms with Crippen LogP contribution in [-0.4, -0.2) is 14.5 Å². The van der Waals surface area contributed by atoms with Crippen molar-refractivity contribution < 1.29 is 31.4 Å². The van der Waals surface area contributed by atoms with E-state index in [2.05, 4.69) is 116 Å². The quantitative estimate of drug-likeness (QED) is 0.150. The van der Waals surface area contributed by atoms with Crippen LogP contribution < -0.4 is 0 Å². The summed E-state index contributed by atoms with van der Waals surface area (Å²) in [6.07, 6.45) is 6.03. The van der Waals surface area contributed by atoms with Gasteiger partial charge in [0.1, 0.15) is 5.58 Å². The summed E-state index contributed by atoms with van der Waals surface area (Å²) in [6.45, 7) is 12.0. The van der Waals surface area contributed by atoms with Crippen molar-refractivity contribution >= 4 is 33.0 Å². The van der Waals surface area contributed by atoms with E-state index in [9.17, 15) is 0 Å². The fraction of sp³-hybridized carbons (Fsp3) is 0.333. The number of hydrogen-bond donors (Lipinski definition) is 0. The normalized spacial score (nSPS) is 15.3. The zero-order chi connectivity index (χ0) is 44.8. The molecule has 9 rings (SSSR count). The fourth-order valence-electron chi connectivity index (χ4n) is 8.47. The SMILES string of the molecule is CC(C)c1cccc(C(C)C)c1-n1c(-c2[c-]ccc3c2oc2cc(C4CCCCC4)ccc23)nc2ccccc21.[2H]C([2H])([2H])c1cnc(-c2[c-]cccc2)cc1C([2H])([2H])C(C)(C)C.[Ir]. The van der Waals surface area contributed by atoms with E-state index in [1.54, 1.807) is 32.9 Å². The number of fused-ring (bicyclic) bond motifs is 4. The molecule has 3 aromatic heterocycles. The second-order valence-electron chi connectivity index (χ2n) is 17.4. The zero-order valence-electron chi connectivity index (χ0n) is 40.2. The molecule has 4 nitrogen and oxygen atoms in total. The van der Waals surface area contributed by atoms with Crippen LogP contribution in [0.5, 0.6) is 0 Å². The molecular formula is C54H57IrN3O-2. The molecule has 0 N–H and O–H groups in total. The van der Waals surface area contributed by atoms with Gasteiger partial charge in [0.15, 0.2) is 0 Å². The number of rotatable bonds is 7. The number of pyridine rings is 1. The Bertz CT molecular complexity index is 2870. The smallest absolute Gasteiger partial charge is 0.121 e. The molecule has 0 unspecified atom stereocenters. The molecule has 5 aromatic carbocycles. The van der Waals surface area contributed by atoms with Crippen LogP contribution in [0.25, 0.3) is 61.3 Å². The minimum Gasteiger partial charge on any atom is -0.501 e. The first-order valence-electron chi connectivity index (χ1n) is 23.4. The first-order chi connectivity index (χ1) is 30.0. The number of imidazole rings is 1. The Morgan fingerprint density at radius 2 is 1.58 bits per heavy atom. The van der Waals surface area contributed by atoms with E-state index in [1.807, 2.05) is 24.3 Å². The third-order valence-corrected chi connectivity index (χ3v) is 11.3. The van der Waals surface area contributed by atoms with Gasteiger partial charge < -0.3 is 14.0 Å². The molecule has 1 aliphatic carbocycles. The summed E-state index contributed by atoms with van der Waals surface area (Å²) in [5.74, 6) is 2.26. The van der Waals surface area contributed by atoms with Crippen molar-refractivity contribution in [1.29, 1.82) is 0 Å². The summed E-state index contributed by atoms with van der Waals surface area (Å²) >= 11 is 0. The summed E-state index contributed by atoms with van der Waals surface area (Å²) in [5, 5.41) is 2.29. The largest absolute Gasteiger partial charge is 0.501 e. The van der Waals surface area contributed by atoms with E-state index in [4.69, 9.17) is 16.3 Å². The predicted molar refractivity (Wildman–Crippen MR) is 243 cm³/mol. The Hall–Kier alpha value is -4.83. The van der Waals surface area contributed by atoms with Gasteiger partial charge in [0.25, 0.3) is 0 Å². The third kappa shape index (κ3) is 8.89. The van der Waals surface area contributed by atoms with Gasteiger partial charge in [0.2, 0.25) is 0 Å². The number of furan rings is 1. The Kier molecular flexibility index (Phi) is 10.9. The molecule has 3 heterocycles. The minimum absolute atomic E-state index is 0. The first kappa shape index (κ1) is 36.1. The second-order valence-corrected chi connectivity index (χ2v) is 17.4. The fourth-order valence-corrected chi connectivity index (χ4v) is 8.47. The van der Waals surface area contributed by atoms with E-state index >= 15 is 0 Å². The van der Waals surface area contributed by atoms with Gasteiger partial charge in [-0.1, -0.05) is 133 Å². The molecule has 0 amide bonds. The van der Waals surface area contributed by atoms with Crippen molar-refractivity contribution in [3.8, 4) is 28.3 Å². The van der Waals surface area contributed by atoms with Gasteiger partial charge in [0.05, 0.1) is 22.4 Å². The molecule has 1 aliphatic rings. The van der Waals surface area contributed by atoms with Gasteiger partial charge in [-0.05, 0) is 95.4 Å². The zero-order valence-corrected chi connectivity index (χ0v) is 37.6. The Morgan fingerprint density at radius 1 is 0.831 bits per heavy atom. The van der Waals surface area contributed by atoms with Gasteiger partial charge >= 0.3 is 0 Å². The molecule has 0 aliphatic heterocycles. The van der Waals surface area contributed by atoms with Crippen molar-refractivity contribution in [2.75, 3.05) is 0 Å². The third-order valence-electron chi connectivity index (χ3n) is 11.3. The van der Waals surface area contributed by atoms with Crippen LogP contribution in [-0.2, 0) is 26.5 Å². The molecule has 0 atom stereocenters. The number of nitrogens with zero attached hydrogens (tertiary/aromatic N) is 3. The number of benzene rings is 5. The van der Waals surface area contributed by atoms with E-state index in [0.717, 1.165) is 44.4 Å². The van der Waals surface area contributed by atoms with Gasteiger partial charge in [-0.3, -0.25) is 4.98 Å². The number of aryl methyl sites for hydroxylation is 1. The van der Waals surface area contributed by atoms with Crippen LogP contribution in [0, 0.1) is 24.4 Å². The molecule has 8 aromatic rings. The summed E-state index contributed by atoms with van der Waals surface area (Å²) in [7, 11) is 0. The molecule has 1 fully saturated rings. The number of aromatic nitrogens is 3. The molecule has 0 spiro atoms. The first-order valence-corrected chi connectivity index (χ1v) is 20.9. The molecule has 1 radical (unpaired) electrons. The van der Waals surface area contributed by atoms with Crippen LogP contribution >= 0.6 is 0 Å². The van der Waals surface area contributed by atoms with E-state index in [-0.39, 0.29) is 31.2 Å². The summed E-state index contributed by atoms with van der Waals surface area (Å²) in [4.78, 5) is 9.46. The van der Waals surface area contributed by atoms with Crippen LogP contribution in [0.15, 0.2) is 114 Å². The van der Waals surface area contributed by atoms with Crippen molar-refractivity contribution in [1.82, 2.24) is 14.5 Å². The van der Waals surface area contributed by atoms with Gasteiger partial charge in [-0.25, -0.2) is 0 Å². The van der Waals surface area contributed by atoms with Crippen LogP contribution in [0.1, 0.15) is 133 Å². The van der Waals surface area contributed by atoms with Crippen LogP contribution in [0.4, 0.5) is 0 Å². The van der Waals surface area contributed by atoms with Crippen LogP contribution in [0.3, 0.4) is 0 Å². The Morgan fingerprint density at radius 3 is 2.27 bits per heavy atom. The Balaban J connectivity index is 0.000000219. The average Bonchev–Trinajstić information content (AvgIpc) is 3.84. The minimum atomic E-state index is -2.42. The van der Waals surface area contributed by atoms with E-state index < -0.39 is 18.6 Å². The maximum atomic E-state index is 8.48. The molecular weight excluding hydrogens is 899 g/mol. The van der Waals surface area contributed by atoms with Gasteiger partial charge in [-0.2, -0.15) is 0 Å². The van der Waals surface area contributed by atoms with Crippen molar-refractivity contribution in [3.63, 3.8) is 0 Å². The number of hydrogen-bond acceptors (Lipinski definition) is 3. The molecule has 0 saturated heterocycles. The summed E-state index contributed by atoms with van der Waals surface area (Å²) in [6, 6.07) is 41.6. The standard InChI is InChI=1S/C37H37N2O.C17H20N.Ir/c1-23(2)27-14-10-15-28(24(3)4)35(27)39-33-19-9-8-18-32(33)38-37(39)31-17-11-16-30-29-21-20-26(22-34(29)40-36(30)31)25-12-6-5-7-13-25;1-13-12-18-16(14-8-6-5-7-9-14)10-15(13)11-17(2,3)4;/h8-11,14-16,18-25H,5-7,12-13H2,1-4H3;5-8,10,12H,11H2,1-4H3;/q2*-1;/i;1D3,11D2;. The van der Waals surface area contributed by atoms with Gasteiger partial charge in [0, 0.05) is 44.2 Å². The summed E-state index contributed by atoms with van der Waals surface area (Å²) < 4.78 is 49.1.